The number of allylic oxidation sites excluding steroid dienone is 1. The highest BCUT2D eigenvalue weighted by Crippen LogP contribution is 2.27. The summed E-state index contributed by atoms with van der Waals surface area (Å²) in [6.07, 6.45) is 8.94. The molecule has 1 saturated carbocycles. The number of carbonyl (C=O) groups is 1. The molecule has 0 spiro atoms. The van der Waals surface area contributed by atoms with Crippen molar-refractivity contribution < 1.29 is 9.53 Å². The smallest absolute Gasteiger partial charge is 0.166 e. The second-order valence-corrected chi connectivity index (χ2v) is 4.89. The summed E-state index contributed by atoms with van der Waals surface area (Å²) in [7, 11) is 0. The Balaban J connectivity index is 2.03. The second kappa shape index (κ2) is 5.48. The minimum Gasteiger partial charge on any atom is -0.501 e. The van der Waals surface area contributed by atoms with Crippen LogP contribution in [0.1, 0.15) is 44.9 Å². The Morgan fingerprint density at radius 3 is 2.81 bits per heavy atom. The molecule has 0 amide bonds. The average Bonchev–Trinajstić information content (AvgIpc) is 2.54. The lowest BCUT2D eigenvalue weighted by Gasteiger charge is -2.22. The van der Waals surface area contributed by atoms with Gasteiger partial charge in [0.15, 0.2) is 5.78 Å². The van der Waals surface area contributed by atoms with Crippen LogP contribution >= 0.6 is 0 Å². The molecular weight excluding hydrogens is 202 g/mol. The molecule has 0 bridgehead atoms. The van der Waals surface area contributed by atoms with Crippen molar-refractivity contribution >= 4 is 5.78 Å². The van der Waals surface area contributed by atoms with Gasteiger partial charge in [-0.25, -0.2) is 0 Å². The van der Waals surface area contributed by atoms with Gasteiger partial charge in [-0.2, -0.15) is 0 Å². The van der Waals surface area contributed by atoms with Gasteiger partial charge < -0.3 is 10.5 Å². The van der Waals surface area contributed by atoms with Crippen molar-refractivity contribution in [3.63, 3.8) is 0 Å². The highest BCUT2D eigenvalue weighted by molar-refractivity contribution is 5.97. The van der Waals surface area contributed by atoms with Crippen LogP contribution in [-0.2, 0) is 9.53 Å². The Morgan fingerprint density at radius 1 is 1.25 bits per heavy atom. The van der Waals surface area contributed by atoms with Gasteiger partial charge in [-0.1, -0.05) is 19.3 Å². The largest absolute Gasteiger partial charge is 0.501 e. The molecule has 0 aromatic heterocycles. The first-order valence-corrected chi connectivity index (χ1v) is 6.39. The van der Waals surface area contributed by atoms with Gasteiger partial charge >= 0.3 is 0 Å². The molecule has 3 heteroatoms. The minimum atomic E-state index is 0.0375. The van der Waals surface area contributed by atoms with Gasteiger partial charge in [0, 0.05) is 17.5 Å². The fraction of sp³-hybridized carbons (Fsp3) is 0.769. The molecular formula is C13H21NO2. The van der Waals surface area contributed by atoms with Crippen LogP contribution in [0.4, 0.5) is 0 Å². The van der Waals surface area contributed by atoms with Crippen molar-refractivity contribution in [1.29, 1.82) is 0 Å². The Morgan fingerprint density at radius 2 is 2.06 bits per heavy atom. The molecule has 1 fully saturated rings. The van der Waals surface area contributed by atoms with Gasteiger partial charge in [0.05, 0.1) is 12.9 Å². The topological polar surface area (TPSA) is 52.3 Å². The molecule has 3 nitrogen and oxygen atoms in total. The Labute approximate surface area is 97.0 Å². The first kappa shape index (κ1) is 11.6. The average molecular weight is 223 g/mol. The number of ether oxygens (including phenoxy) is 1. The van der Waals surface area contributed by atoms with Gasteiger partial charge in [0.2, 0.25) is 0 Å². The van der Waals surface area contributed by atoms with E-state index >= 15 is 0 Å². The summed E-state index contributed by atoms with van der Waals surface area (Å²) < 4.78 is 5.24. The molecule has 2 atom stereocenters. The van der Waals surface area contributed by atoms with Gasteiger partial charge in [0.25, 0.3) is 0 Å². The third-order valence-corrected chi connectivity index (χ3v) is 3.66. The lowest BCUT2D eigenvalue weighted by Crippen LogP contribution is -2.35. The highest BCUT2D eigenvalue weighted by Gasteiger charge is 2.29. The van der Waals surface area contributed by atoms with E-state index in [2.05, 4.69) is 0 Å². The number of ketones is 1. The lowest BCUT2D eigenvalue weighted by molar-refractivity contribution is -0.120. The van der Waals surface area contributed by atoms with E-state index in [1.165, 1.54) is 12.8 Å². The van der Waals surface area contributed by atoms with Crippen molar-refractivity contribution in [2.75, 3.05) is 6.61 Å². The van der Waals surface area contributed by atoms with E-state index in [9.17, 15) is 4.79 Å². The van der Waals surface area contributed by atoms with Gasteiger partial charge in [0.1, 0.15) is 0 Å². The Bertz CT molecular complexity index is 286. The number of rotatable bonds is 2. The number of hydrogen-bond acceptors (Lipinski definition) is 3. The predicted octanol–water partition coefficient (Wildman–Crippen LogP) is 2.16. The molecule has 0 aromatic carbocycles. The van der Waals surface area contributed by atoms with Crippen LogP contribution in [0, 0.1) is 5.92 Å². The fourth-order valence-corrected chi connectivity index (χ4v) is 2.65. The van der Waals surface area contributed by atoms with E-state index in [1.807, 2.05) is 0 Å². The summed E-state index contributed by atoms with van der Waals surface area (Å²) in [5, 5.41) is 0. The number of hydrogen-bond donors (Lipinski definition) is 1. The summed E-state index contributed by atoms with van der Waals surface area (Å²) in [5.74, 6) is 0.282. The van der Waals surface area contributed by atoms with E-state index in [-0.39, 0.29) is 17.7 Å². The number of nitrogens with two attached hydrogens (primary N) is 1. The normalized spacial score (nSPS) is 31.2. The maximum absolute atomic E-state index is 12.3. The van der Waals surface area contributed by atoms with Crippen molar-refractivity contribution in [1.82, 2.24) is 0 Å². The lowest BCUT2D eigenvalue weighted by atomic mass is 9.86. The van der Waals surface area contributed by atoms with E-state index in [0.717, 1.165) is 44.3 Å². The predicted molar refractivity (Wildman–Crippen MR) is 62.8 cm³/mol. The van der Waals surface area contributed by atoms with Crippen molar-refractivity contribution in [3.8, 4) is 0 Å². The molecule has 1 aliphatic carbocycles. The van der Waals surface area contributed by atoms with Crippen molar-refractivity contribution in [2.45, 2.75) is 51.0 Å². The summed E-state index contributed by atoms with van der Waals surface area (Å²) in [5.41, 5.74) is 6.95. The van der Waals surface area contributed by atoms with E-state index in [0.29, 0.717) is 0 Å². The SMILES string of the molecule is NC1CCCCCC1C(=O)C1=COCCC1. The van der Waals surface area contributed by atoms with Crippen LogP contribution in [0.2, 0.25) is 0 Å². The maximum Gasteiger partial charge on any atom is 0.166 e. The Hall–Kier alpha value is -0.830. The van der Waals surface area contributed by atoms with Crippen LogP contribution in [0.5, 0.6) is 0 Å². The monoisotopic (exact) mass is 223 g/mol. The molecule has 1 heterocycles. The quantitative estimate of drug-likeness (QED) is 0.730. The van der Waals surface area contributed by atoms with Gasteiger partial charge in [-0.3, -0.25) is 4.79 Å². The number of carbonyl (C=O) groups excluding carboxylic acids is 1. The van der Waals surface area contributed by atoms with Crippen molar-refractivity contribution in [3.05, 3.63) is 11.8 Å². The van der Waals surface area contributed by atoms with Gasteiger partial charge in [-0.15, -0.1) is 0 Å². The third-order valence-electron chi connectivity index (χ3n) is 3.66. The van der Waals surface area contributed by atoms with E-state index < -0.39 is 0 Å². The van der Waals surface area contributed by atoms with E-state index in [1.54, 1.807) is 6.26 Å². The summed E-state index contributed by atoms with van der Waals surface area (Å²) in [6, 6.07) is 0.0535. The zero-order valence-electron chi connectivity index (χ0n) is 9.78. The van der Waals surface area contributed by atoms with Crippen LogP contribution in [0.3, 0.4) is 0 Å². The highest BCUT2D eigenvalue weighted by atomic mass is 16.5. The number of Topliss-reactive ketones (excluding diaryl/α,β-unsaturated/α-hetero) is 1. The molecule has 2 aliphatic rings. The molecule has 0 radical (unpaired) electrons. The molecule has 1 aliphatic heterocycles. The summed E-state index contributed by atoms with van der Waals surface area (Å²) >= 11 is 0. The molecule has 90 valence electrons. The van der Waals surface area contributed by atoms with Crippen LogP contribution in [0.25, 0.3) is 0 Å². The molecule has 2 unspecified atom stereocenters. The zero-order valence-corrected chi connectivity index (χ0v) is 9.78. The third kappa shape index (κ3) is 2.64. The van der Waals surface area contributed by atoms with Crippen LogP contribution in [0.15, 0.2) is 11.8 Å². The molecule has 0 saturated heterocycles. The molecule has 2 rings (SSSR count). The summed E-state index contributed by atoms with van der Waals surface area (Å²) in [4.78, 5) is 12.3. The summed E-state index contributed by atoms with van der Waals surface area (Å²) in [6.45, 7) is 0.744. The van der Waals surface area contributed by atoms with Crippen molar-refractivity contribution in [2.24, 2.45) is 11.7 Å². The first-order chi connectivity index (χ1) is 7.79. The van der Waals surface area contributed by atoms with Crippen LogP contribution in [-0.4, -0.2) is 18.4 Å². The second-order valence-electron chi connectivity index (χ2n) is 4.89. The minimum absolute atomic E-state index is 0.0375. The van der Waals surface area contributed by atoms with Gasteiger partial charge in [-0.05, 0) is 25.7 Å². The Kier molecular flexibility index (Phi) is 3.99. The zero-order chi connectivity index (χ0) is 11.4. The molecule has 16 heavy (non-hydrogen) atoms. The fourth-order valence-electron chi connectivity index (χ4n) is 2.65. The maximum atomic E-state index is 12.3. The van der Waals surface area contributed by atoms with E-state index in [4.69, 9.17) is 10.5 Å². The van der Waals surface area contributed by atoms with Crippen LogP contribution < -0.4 is 5.73 Å². The first-order valence-electron chi connectivity index (χ1n) is 6.39. The molecule has 2 N–H and O–H groups in total. The standard InChI is InChI=1S/C13H21NO2/c14-12-7-3-1-2-6-11(12)13(15)10-5-4-8-16-9-10/h9,11-12H,1-8,14H2. The molecule has 0 aromatic rings.